The van der Waals surface area contributed by atoms with Crippen LogP contribution in [0.3, 0.4) is 0 Å². The molecule has 2 heterocycles. The van der Waals surface area contributed by atoms with Crippen molar-refractivity contribution in [2.45, 2.75) is 89.6 Å². The molecule has 1 heteroatoms. The highest BCUT2D eigenvalue weighted by Gasteiger charge is 2.49. The summed E-state index contributed by atoms with van der Waals surface area (Å²) in [4.78, 5) is 2.76. The fourth-order valence-corrected chi connectivity index (χ4v) is 4.42. The summed E-state index contributed by atoms with van der Waals surface area (Å²) >= 11 is 0. The molecule has 2 saturated heterocycles. The summed E-state index contributed by atoms with van der Waals surface area (Å²) in [6, 6.07) is 0.918. The summed E-state index contributed by atoms with van der Waals surface area (Å²) in [7, 11) is 2.40. The van der Waals surface area contributed by atoms with Crippen molar-refractivity contribution >= 4 is 0 Å². The predicted molar refractivity (Wildman–Crippen MR) is 75.3 cm³/mol. The molecular formula is C16H31N. The maximum absolute atomic E-state index is 2.76. The molecule has 0 spiro atoms. The molecule has 3 atom stereocenters. The third-order valence-electron chi connectivity index (χ3n) is 5.72. The van der Waals surface area contributed by atoms with Crippen LogP contribution in [0.1, 0.15) is 78.1 Å². The topological polar surface area (TPSA) is 3.24 Å². The molecule has 0 aromatic carbocycles. The maximum Gasteiger partial charge on any atom is 0.0235 e. The van der Waals surface area contributed by atoms with Crippen molar-refractivity contribution in [2.75, 3.05) is 7.05 Å². The summed E-state index contributed by atoms with van der Waals surface area (Å²) < 4.78 is 0. The lowest BCUT2D eigenvalue weighted by molar-refractivity contribution is 0.0318. The van der Waals surface area contributed by atoms with Crippen LogP contribution in [0.2, 0.25) is 0 Å². The zero-order valence-corrected chi connectivity index (χ0v) is 12.2. The largest absolute Gasteiger partial charge is 0.297 e. The van der Waals surface area contributed by atoms with Gasteiger partial charge in [-0.05, 0) is 45.1 Å². The highest BCUT2D eigenvalue weighted by Crippen LogP contribution is 2.48. The van der Waals surface area contributed by atoms with Crippen LogP contribution in [-0.2, 0) is 0 Å². The minimum absolute atomic E-state index is 0.592. The first kappa shape index (κ1) is 13.4. The molecule has 2 bridgehead atoms. The molecule has 1 nitrogen and oxygen atoms in total. The minimum atomic E-state index is 0.592. The quantitative estimate of drug-likeness (QED) is 0.610. The minimum Gasteiger partial charge on any atom is -0.297 e. The van der Waals surface area contributed by atoms with Gasteiger partial charge in [0, 0.05) is 11.6 Å². The van der Waals surface area contributed by atoms with Crippen molar-refractivity contribution in [1.29, 1.82) is 0 Å². The van der Waals surface area contributed by atoms with E-state index >= 15 is 0 Å². The van der Waals surface area contributed by atoms with Gasteiger partial charge in [0.25, 0.3) is 0 Å². The van der Waals surface area contributed by atoms with Crippen molar-refractivity contribution in [1.82, 2.24) is 4.90 Å². The second kappa shape index (κ2) is 5.73. The Morgan fingerprint density at radius 1 is 1.18 bits per heavy atom. The van der Waals surface area contributed by atoms with E-state index in [2.05, 4.69) is 25.8 Å². The van der Waals surface area contributed by atoms with Gasteiger partial charge in [-0.2, -0.15) is 0 Å². The monoisotopic (exact) mass is 237 g/mol. The molecule has 100 valence electrons. The average molecular weight is 237 g/mol. The Balaban J connectivity index is 1.86. The van der Waals surface area contributed by atoms with Gasteiger partial charge >= 0.3 is 0 Å². The zero-order valence-electron chi connectivity index (χ0n) is 12.2. The average Bonchev–Trinajstić information content (AvgIpc) is 2.55. The summed E-state index contributed by atoms with van der Waals surface area (Å²) in [5.41, 5.74) is 0.592. The highest BCUT2D eigenvalue weighted by molar-refractivity contribution is 5.04. The lowest BCUT2D eigenvalue weighted by atomic mass is 9.76. The van der Waals surface area contributed by atoms with E-state index in [-0.39, 0.29) is 0 Å². The Bertz CT molecular complexity index is 234. The summed E-state index contributed by atoms with van der Waals surface area (Å²) in [6.45, 7) is 4.83. The van der Waals surface area contributed by atoms with Gasteiger partial charge in [-0.3, -0.25) is 4.90 Å². The van der Waals surface area contributed by atoms with E-state index in [0.717, 1.165) is 12.0 Å². The SMILES string of the molecule is CCCCCCC(C)C12CCCC(CC1)N2C. The predicted octanol–water partition coefficient (Wildman–Crippen LogP) is 4.61. The first-order valence-electron chi connectivity index (χ1n) is 7.93. The molecule has 2 aliphatic rings. The number of fused-ring (bicyclic) bond motifs is 2. The Morgan fingerprint density at radius 3 is 2.76 bits per heavy atom. The van der Waals surface area contributed by atoms with Crippen LogP contribution in [0.4, 0.5) is 0 Å². The van der Waals surface area contributed by atoms with E-state index in [4.69, 9.17) is 0 Å². The third kappa shape index (κ3) is 2.54. The van der Waals surface area contributed by atoms with Gasteiger partial charge in [0.1, 0.15) is 0 Å². The molecule has 2 aliphatic heterocycles. The van der Waals surface area contributed by atoms with Crippen LogP contribution in [-0.4, -0.2) is 23.5 Å². The number of nitrogens with zero attached hydrogens (tertiary/aromatic N) is 1. The second-order valence-corrected chi connectivity index (χ2v) is 6.55. The van der Waals surface area contributed by atoms with Crippen LogP contribution in [0, 0.1) is 5.92 Å². The van der Waals surface area contributed by atoms with Crippen molar-refractivity contribution in [2.24, 2.45) is 5.92 Å². The molecule has 2 fully saturated rings. The van der Waals surface area contributed by atoms with Gasteiger partial charge < -0.3 is 0 Å². The number of rotatable bonds is 6. The third-order valence-corrected chi connectivity index (χ3v) is 5.72. The van der Waals surface area contributed by atoms with E-state index in [1.54, 1.807) is 0 Å². The molecule has 0 radical (unpaired) electrons. The molecule has 0 aliphatic carbocycles. The van der Waals surface area contributed by atoms with Gasteiger partial charge in [-0.15, -0.1) is 0 Å². The van der Waals surface area contributed by atoms with E-state index in [1.807, 2.05) is 0 Å². The molecule has 0 saturated carbocycles. The maximum atomic E-state index is 2.76. The Hall–Kier alpha value is -0.0400. The number of hydrogen-bond donors (Lipinski definition) is 0. The normalized spacial score (nSPS) is 35.1. The molecule has 0 amide bonds. The van der Waals surface area contributed by atoms with Crippen molar-refractivity contribution < 1.29 is 0 Å². The number of unbranched alkanes of at least 4 members (excludes halogenated alkanes) is 3. The fourth-order valence-electron chi connectivity index (χ4n) is 4.42. The standard InChI is InChI=1S/C16H31N/c1-4-5-6-7-9-14(2)16-12-8-10-15(11-13-16)17(16)3/h14-15H,4-13H2,1-3H3. The Kier molecular flexibility index (Phi) is 4.52. The van der Waals surface area contributed by atoms with E-state index in [0.29, 0.717) is 5.54 Å². The van der Waals surface area contributed by atoms with Gasteiger partial charge in [0.05, 0.1) is 0 Å². The van der Waals surface area contributed by atoms with Crippen LogP contribution < -0.4 is 0 Å². The van der Waals surface area contributed by atoms with Crippen molar-refractivity contribution in [3.8, 4) is 0 Å². The number of piperidine rings is 1. The lowest BCUT2D eigenvalue weighted by Crippen LogP contribution is -2.51. The first-order chi connectivity index (χ1) is 8.20. The Labute approximate surface area is 108 Å². The number of hydrogen-bond acceptors (Lipinski definition) is 1. The van der Waals surface area contributed by atoms with Crippen LogP contribution in [0.25, 0.3) is 0 Å². The summed E-state index contributed by atoms with van der Waals surface area (Å²) in [5, 5.41) is 0. The van der Waals surface area contributed by atoms with Crippen molar-refractivity contribution in [3.63, 3.8) is 0 Å². The second-order valence-electron chi connectivity index (χ2n) is 6.55. The zero-order chi connectivity index (χ0) is 12.3. The summed E-state index contributed by atoms with van der Waals surface area (Å²) in [6.07, 6.45) is 14.5. The van der Waals surface area contributed by atoms with E-state index in [9.17, 15) is 0 Å². The van der Waals surface area contributed by atoms with Crippen LogP contribution in [0.15, 0.2) is 0 Å². The van der Waals surface area contributed by atoms with Crippen molar-refractivity contribution in [3.05, 3.63) is 0 Å². The van der Waals surface area contributed by atoms with Gasteiger partial charge in [0.15, 0.2) is 0 Å². The van der Waals surface area contributed by atoms with Gasteiger partial charge in [-0.25, -0.2) is 0 Å². The van der Waals surface area contributed by atoms with Crippen LogP contribution in [0.5, 0.6) is 0 Å². The molecule has 3 unspecified atom stereocenters. The molecule has 2 rings (SSSR count). The summed E-state index contributed by atoms with van der Waals surface area (Å²) in [5.74, 6) is 0.912. The lowest BCUT2D eigenvalue weighted by Gasteiger charge is -2.47. The van der Waals surface area contributed by atoms with Gasteiger partial charge in [0.2, 0.25) is 0 Å². The first-order valence-corrected chi connectivity index (χ1v) is 7.93. The molecular weight excluding hydrogens is 206 g/mol. The molecule has 0 aromatic rings. The Morgan fingerprint density at radius 2 is 2.00 bits per heavy atom. The smallest absolute Gasteiger partial charge is 0.0235 e. The molecule has 0 N–H and O–H groups in total. The molecule has 17 heavy (non-hydrogen) atoms. The molecule has 0 aromatic heterocycles. The highest BCUT2D eigenvalue weighted by atomic mass is 15.2. The van der Waals surface area contributed by atoms with Crippen LogP contribution >= 0.6 is 0 Å². The van der Waals surface area contributed by atoms with Gasteiger partial charge in [-0.1, -0.05) is 46.0 Å². The van der Waals surface area contributed by atoms with E-state index in [1.165, 1.54) is 64.2 Å². The van der Waals surface area contributed by atoms with E-state index < -0.39 is 0 Å². The fraction of sp³-hybridized carbons (Fsp3) is 1.00.